The molecule has 4 atom stereocenters. The molecular weight excluding hydrogens is 226 g/mol. The van der Waals surface area contributed by atoms with E-state index in [1.807, 2.05) is 0 Å². The SMILES string of the molecule is C1CC[C@@H](c2nc(C3CC4CCC3C4)no2)NC1. The number of piperidine rings is 1. The van der Waals surface area contributed by atoms with Gasteiger partial charge >= 0.3 is 0 Å². The van der Waals surface area contributed by atoms with Crippen molar-refractivity contribution in [1.29, 1.82) is 0 Å². The summed E-state index contributed by atoms with van der Waals surface area (Å²) in [4.78, 5) is 4.69. The zero-order valence-electron chi connectivity index (χ0n) is 10.8. The Kier molecular flexibility index (Phi) is 2.64. The van der Waals surface area contributed by atoms with Crippen molar-refractivity contribution in [3.63, 3.8) is 0 Å². The van der Waals surface area contributed by atoms with E-state index >= 15 is 0 Å². The van der Waals surface area contributed by atoms with Crippen molar-refractivity contribution in [1.82, 2.24) is 15.5 Å². The molecule has 0 spiro atoms. The molecule has 1 aliphatic heterocycles. The molecule has 3 aliphatic rings. The van der Waals surface area contributed by atoms with Crippen LogP contribution in [0.3, 0.4) is 0 Å². The average molecular weight is 247 g/mol. The van der Waals surface area contributed by atoms with Gasteiger partial charge in [-0.2, -0.15) is 4.98 Å². The first-order valence-corrected chi connectivity index (χ1v) is 7.47. The fourth-order valence-corrected chi connectivity index (χ4v) is 4.16. The van der Waals surface area contributed by atoms with Crippen LogP contribution >= 0.6 is 0 Å². The third-order valence-corrected chi connectivity index (χ3v) is 5.14. The summed E-state index contributed by atoms with van der Waals surface area (Å²) in [6, 6.07) is 0.304. The molecule has 18 heavy (non-hydrogen) atoms. The van der Waals surface area contributed by atoms with E-state index in [4.69, 9.17) is 9.51 Å². The second kappa shape index (κ2) is 4.34. The van der Waals surface area contributed by atoms with Gasteiger partial charge in [-0.05, 0) is 50.5 Å². The van der Waals surface area contributed by atoms with Gasteiger partial charge in [0.25, 0.3) is 0 Å². The number of hydrogen-bond donors (Lipinski definition) is 1. The van der Waals surface area contributed by atoms with Gasteiger partial charge in [0.15, 0.2) is 5.82 Å². The monoisotopic (exact) mass is 247 g/mol. The van der Waals surface area contributed by atoms with Gasteiger partial charge in [0.05, 0.1) is 6.04 Å². The van der Waals surface area contributed by atoms with Crippen molar-refractivity contribution in [2.75, 3.05) is 6.54 Å². The normalized spacial score (nSPS) is 39.3. The molecule has 1 N–H and O–H groups in total. The van der Waals surface area contributed by atoms with Crippen molar-refractivity contribution in [2.24, 2.45) is 11.8 Å². The zero-order valence-corrected chi connectivity index (χ0v) is 10.8. The van der Waals surface area contributed by atoms with Crippen LogP contribution in [0.25, 0.3) is 0 Å². The summed E-state index contributed by atoms with van der Waals surface area (Å²) >= 11 is 0. The fourth-order valence-electron chi connectivity index (χ4n) is 4.16. The number of aromatic nitrogens is 2. The first-order valence-electron chi connectivity index (χ1n) is 7.47. The molecule has 0 aromatic carbocycles. The topological polar surface area (TPSA) is 51.0 Å². The van der Waals surface area contributed by atoms with Gasteiger partial charge in [0, 0.05) is 5.92 Å². The van der Waals surface area contributed by atoms with Crippen molar-refractivity contribution >= 4 is 0 Å². The second-order valence-corrected chi connectivity index (χ2v) is 6.27. The molecule has 1 aromatic heterocycles. The molecule has 1 saturated heterocycles. The predicted molar refractivity (Wildman–Crippen MR) is 67.1 cm³/mol. The van der Waals surface area contributed by atoms with Crippen LogP contribution in [-0.4, -0.2) is 16.7 Å². The highest BCUT2D eigenvalue weighted by Crippen LogP contribution is 2.52. The molecule has 3 fully saturated rings. The third kappa shape index (κ3) is 1.78. The van der Waals surface area contributed by atoms with Crippen LogP contribution in [0.1, 0.15) is 68.6 Å². The Morgan fingerprint density at radius 1 is 1.11 bits per heavy atom. The van der Waals surface area contributed by atoms with E-state index in [2.05, 4.69) is 10.5 Å². The molecule has 3 unspecified atom stereocenters. The Balaban J connectivity index is 1.51. The number of fused-ring (bicyclic) bond motifs is 2. The predicted octanol–water partition coefficient (Wildman–Crippen LogP) is 2.79. The first-order chi connectivity index (χ1) is 8.90. The molecule has 2 aliphatic carbocycles. The summed E-state index contributed by atoms with van der Waals surface area (Å²) in [7, 11) is 0. The van der Waals surface area contributed by atoms with E-state index in [1.54, 1.807) is 0 Å². The van der Waals surface area contributed by atoms with E-state index in [-0.39, 0.29) is 0 Å². The Hall–Kier alpha value is -0.900. The number of nitrogens with zero attached hydrogens (tertiary/aromatic N) is 2. The molecular formula is C14H21N3O. The van der Waals surface area contributed by atoms with Crippen LogP contribution in [0.15, 0.2) is 4.52 Å². The Labute approximate surface area is 108 Å². The van der Waals surface area contributed by atoms with E-state index < -0.39 is 0 Å². The Bertz CT molecular complexity index is 424. The van der Waals surface area contributed by atoms with Crippen molar-refractivity contribution in [3.05, 3.63) is 11.7 Å². The van der Waals surface area contributed by atoms with Crippen LogP contribution in [0.5, 0.6) is 0 Å². The lowest BCUT2D eigenvalue weighted by atomic mass is 9.88. The standard InChI is InChI=1S/C14H21N3O/c1-2-6-15-12(3-1)14-16-13(17-18-14)11-8-9-4-5-10(11)7-9/h9-12,15H,1-8H2/t9?,10?,11?,12-/m0/s1. The maximum atomic E-state index is 5.50. The summed E-state index contributed by atoms with van der Waals surface area (Å²) in [6.07, 6.45) is 9.17. The average Bonchev–Trinajstić information content (AvgIpc) is 3.15. The van der Waals surface area contributed by atoms with Crippen molar-refractivity contribution in [2.45, 2.75) is 56.9 Å². The molecule has 4 heteroatoms. The summed E-state index contributed by atoms with van der Waals surface area (Å²) in [5.41, 5.74) is 0. The summed E-state index contributed by atoms with van der Waals surface area (Å²) < 4.78 is 5.50. The van der Waals surface area contributed by atoms with Gasteiger partial charge in [-0.25, -0.2) is 0 Å². The van der Waals surface area contributed by atoms with Gasteiger partial charge < -0.3 is 9.84 Å². The molecule has 98 valence electrons. The van der Waals surface area contributed by atoms with Gasteiger partial charge in [0.1, 0.15) is 0 Å². The highest BCUT2D eigenvalue weighted by atomic mass is 16.5. The van der Waals surface area contributed by atoms with Crippen LogP contribution in [0.2, 0.25) is 0 Å². The highest BCUT2D eigenvalue weighted by molar-refractivity contribution is 5.07. The third-order valence-electron chi connectivity index (χ3n) is 5.14. The fraction of sp³-hybridized carbons (Fsp3) is 0.857. The van der Waals surface area contributed by atoms with Crippen LogP contribution in [0.4, 0.5) is 0 Å². The number of rotatable bonds is 2. The van der Waals surface area contributed by atoms with E-state index in [0.29, 0.717) is 12.0 Å². The lowest BCUT2D eigenvalue weighted by Crippen LogP contribution is -2.27. The van der Waals surface area contributed by atoms with E-state index in [0.717, 1.165) is 36.5 Å². The van der Waals surface area contributed by atoms with Crippen molar-refractivity contribution in [3.8, 4) is 0 Å². The first kappa shape index (κ1) is 11.0. The summed E-state index contributed by atoms with van der Waals surface area (Å²) in [5, 5.41) is 7.74. The lowest BCUT2D eigenvalue weighted by molar-refractivity contribution is 0.293. The molecule has 4 rings (SSSR count). The maximum absolute atomic E-state index is 5.50. The summed E-state index contributed by atoms with van der Waals surface area (Å²) in [6.45, 7) is 1.08. The quantitative estimate of drug-likeness (QED) is 0.873. The molecule has 2 saturated carbocycles. The molecule has 0 amide bonds. The smallest absolute Gasteiger partial charge is 0.243 e. The molecule has 4 nitrogen and oxygen atoms in total. The van der Waals surface area contributed by atoms with Gasteiger partial charge in [-0.1, -0.05) is 18.0 Å². The van der Waals surface area contributed by atoms with Gasteiger partial charge in [-0.15, -0.1) is 0 Å². The van der Waals surface area contributed by atoms with Crippen LogP contribution in [0, 0.1) is 11.8 Å². The minimum Gasteiger partial charge on any atom is -0.338 e. The molecule has 0 radical (unpaired) electrons. The van der Waals surface area contributed by atoms with Crippen LogP contribution in [-0.2, 0) is 0 Å². The van der Waals surface area contributed by atoms with Gasteiger partial charge in [0.2, 0.25) is 5.89 Å². The largest absolute Gasteiger partial charge is 0.338 e. The molecule has 2 bridgehead atoms. The lowest BCUT2D eigenvalue weighted by Gasteiger charge is -2.20. The number of hydrogen-bond acceptors (Lipinski definition) is 4. The highest BCUT2D eigenvalue weighted by Gasteiger charge is 2.42. The van der Waals surface area contributed by atoms with E-state index in [9.17, 15) is 0 Å². The maximum Gasteiger partial charge on any atom is 0.243 e. The Morgan fingerprint density at radius 3 is 2.83 bits per heavy atom. The Morgan fingerprint density at radius 2 is 2.11 bits per heavy atom. The van der Waals surface area contributed by atoms with E-state index in [1.165, 1.54) is 38.5 Å². The van der Waals surface area contributed by atoms with Crippen molar-refractivity contribution < 1.29 is 4.52 Å². The minimum atomic E-state index is 0.304. The minimum absolute atomic E-state index is 0.304. The second-order valence-electron chi connectivity index (χ2n) is 6.27. The number of nitrogens with one attached hydrogen (secondary N) is 1. The zero-order chi connectivity index (χ0) is 11.9. The molecule has 1 aromatic rings. The summed E-state index contributed by atoms with van der Waals surface area (Å²) in [5.74, 6) is 4.18. The van der Waals surface area contributed by atoms with Crippen LogP contribution < -0.4 is 5.32 Å². The molecule has 2 heterocycles. The van der Waals surface area contributed by atoms with Gasteiger partial charge in [-0.3, -0.25) is 0 Å².